The second kappa shape index (κ2) is 8.51. The molecular weight excluding hydrogens is 172 g/mol. The second-order valence-electron chi connectivity index (χ2n) is 2.83. The fraction of sp³-hybridized carbons (Fsp3) is 0.778. The van der Waals surface area contributed by atoms with Crippen LogP contribution in [-0.2, 0) is 22.9 Å². The molecule has 0 heterocycles. The van der Waals surface area contributed by atoms with Crippen LogP contribution < -0.4 is 0 Å². The van der Waals surface area contributed by atoms with E-state index in [2.05, 4.69) is 26.8 Å². The third kappa shape index (κ3) is 10.4. The van der Waals surface area contributed by atoms with Crippen molar-refractivity contribution in [2.24, 2.45) is 0 Å². The molecule has 64 valence electrons. The van der Waals surface area contributed by atoms with Gasteiger partial charge >= 0.3 is 79.5 Å². The summed E-state index contributed by atoms with van der Waals surface area (Å²) >= 11 is -0.117. The van der Waals surface area contributed by atoms with Gasteiger partial charge in [0.05, 0.1) is 0 Å². The van der Waals surface area contributed by atoms with Crippen LogP contribution in [0, 0.1) is 0 Å². The van der Waals surface area contributed by atoms with Gasteiger partial charge in [0.15, 0.2) is 0 Å². The summed E-state index contributed by atoms with van der Waals surface area (Å²) in [5.41, 5.74) is 1.41. The molecule has 0 bridgehead atoms. The maximum absolute atomic E-state index is 5.50. The molecule has 0 amide bonds. The Kier molecular flexibility index (Phi) is 8.83. The van der Waals surface area contributed by atoms with Crippen LogP contribution in [0.5, 0.6) is 0 Å². The maximum atomic E-state index is 5.50. The molecule has 0 rings (SSSR count). The van der Waals surface area contributed by atoms with E-state index in [4.69, 9.17) is 3.32 Å². The Labute approximate surface area is 79.6 Å². The first-order valence-electron chi connectivity index (χ1n) is 4.25. The SMILES string of the molecule is CCCC[O][Ti][CH2]C=C(C)C. The molecule has 0 N–H and O–H groups in total. The Hall–Kier alpha value is 0.414. The molecule has 0 aliphatic carbocycles. The predicted octanol–water partition coefficient (Wildman–Crippen LogP) is 3.19. The molecular formula is C9H18OTi. The molecule has 0 aliphatic heterocycles. The summed E-state index contributed by atoms with van der Waals surface area (Å²) in [7, 11) is 0. The van der Waals surface area contributed by atoms with Gasteiger partial charge in [-0.2, -0.15) is 0 Å². The van der Waals surface area contributed by atoms with Gasteiger partial charge in [-0.1, -0.05) is 0 Å². The number of allylic oxidation sites excluding steroid dienone is 2. The predicted molar refractivity (Wildman–Crippen MR) is 45.1 cm³/mol. The van der Waals surface area contributed by atoms with Crippen LogP contribution >= 0.6 is 0 Å². The molecule has 0 radical (unpaired) electrons. The van der Waals surface area contributed by atoms with Gasteiger partial charge in [0, 0.05) is 0 Å². The average Bonchev–Trinajstić information content (AvgIpc) is 1.96. The van der Waals surface area contributed by atoms with Crippen molar-refractivity contribution in [2.75, 3.05) is 6.61 Å². The number of unbranched alkanes of at least 4 members (excludes halogenated alkanes) is 1. The van der Waals surface area contributed by atoms with Crippen LogP contribution in [0.1, 0.15) is 33.6 Å². The van der Waals surface area contributed by atoms with E-state index in [0.29, 0.717) is 0 Å². The fourth-order valence-corrected chi connectivity index (χ4v) is 2.00. The summed E-state index contributed by atoms with van der Waals surface area (Å²) in [6.07, 6.45) is 4.74. The summed E-state index contributed by atoms with van der Waals surface area (Å²) in [4.78, 5) is 0. The zero-order valence-electron chi connectivity index (χ0n) is 7.81. The van der Waals surface area contributed by atoms with Crippen molar-refractivity contribution in [1.82, 2.24) is 0 Å². The van der Waals surface area contributed by atoms with E-state index < -0.39 is 0 Å². The quantitative estimate of drug-likeness (QED) is 0.355. The molecule has 0 atom stereocenters. The zero-order valence-corrected chi connectivity index (χ0v) is 9.38. The third-order valence-electron chi connectivity index (χ3n) is 1.30. The Balaban J connectivity index is 2.97. The molecule has 0 fully saturated rings. The Bertz CT molecular complexity index is 106. The topological polar surface area (TPSA) is 9.23 Å². The molecule has 1 nitrogen and oxygen atoms in total. The van der Waals surface area contributed by atoms with Gasteiger partial charge < -0.3 is 0 Å². The van der Waals surface area contributed by atoms with Crippen molar-refractivity contribution in [2.45, 2.75) is 38.3 Å². The van der Waals surface area contributed by atoms with E-state index in [1.165, 1.54) is 23.1 Å². The molecule has 0 aromatic rings. The number of hydrogen-bond donors (Lipinski definition) is 0. The zero-order chi connectivity index (χ0) is 8.53. The first kappa shape index (κ1) is 11.4. The number of rotatable bonds is 6. The van der Waals surface area contributed by atoms with Crippen molar-refractivity contribution in [3.8, 4) is 0 Å². The second-order valence-corrected chi connectivity index (χ2v) is 4.37. The van der Waals surface area contributed by atoms with E-state index in [1.807, 2.05) is 0 Å². The Morgan fingerprint density at radius 2 is 2.18 bits per heavy atom. The van der Waals surface area contributed by atoms with Crippen LogP contribution in [0.2, 0.25) is 4.73 Å². The molecule has 0 spiro atoms. The Morgan fingerprint density at radius 1 is 1.45 bits per heavy atom. The van der Waals surface area contributed by atoms with Gasteiger partial charge in [0.25, 0.3) is 0 Å². The molecule has 11 heavy (non-hydrogen) atoms. The van der Waals surface area contributed by atoms with E-state index in [0.717, 1.165) is 6.61 Å². The minimum absolute atomic E-state index is 0.117. The van der Waals surface area contributed by atoms with Gasteiger partial charge in [-0.25, -0.2) is 0 Å². The molecule has 0 saturated carbocycles. The van der Waals surface area contributed by atoms with Crippen molar-refractivity contribution < 1.29 is 22.9 Å². The van der Waals surface area contributed by atoms with Gasteiger partial charge in [-0.05, 0) is 0 Å². The summed E-state index contributed by atoms with van der Waals surface area (Å²) < 4.78 is 6.69. The summed E-state index contributed by atoms with van der Waals surface area (Å²) in [5.74, 6) is 0. The minimum atomic E-state index is -0.117. The Morgan fingerprint density at radius 3 is 2.73 bits per heavy atom. The van der Waals surface area contributed by atoms with Gasteiger partial charge in [-0.3, -0.25) is 0 Å². The molecule has 0 aromatic heterocycles. The standard InChI is InChI=1S/C5H9.C4H9O.Ti/c1-4-5(2)3;1-2-3-4-5;/h4H,1H2,2-3H3;2-4H2,1H3;/q;-1;+1. The van der Waals surface area contributed by atoms with Crippen LogP contribution in [0.3, 0.4) is 0 Å². The molecule has 2 heteroatoms. The fourth-order valence-electron chi connectivity index (χ4n) is 0.593. The van der Waals surface area contributed by atoms with Gasteiger partial charge in [0.1, 0.15) is 0 Å². The van der Waals surface area contributed by atoms with Crippen LogP contribution in [-0.4, -0.2) is 6.61 Å². The molecule has 0 unspecified atom stereocenters. The normalized spacial score (nSPS) is 9.36. The van der Waals surface area contributed by atoms with Crippen molar-refractivity contribution in [3.05, 3.63) is 11.6 Å². The van der Waals surface area contributed by atoms with Crippen LogP contribution in [0.15, 0.2) is 11.6 Å². The van der Waals surface area contributed by atoms with Crippen LogP contribution in [0.25, 0.3) is 0 Å². The first-order chi connectivity index (χ1) is 5.27. The summed E-state index contributed by atoms with van der Waals surface area (Å²) in [6.45, 7) is 7.45. The molecule has 0 aromatic carbocycles. The van der Waals surface area contributed by atoms with Crippen molar-refractivity contribution in [3.63, 3.8) is 0 Å². The average molecular weight is 190 g/mol. The summed E-state index contributed by atoms with van der Waals surface area (Å²) in [5, 5.41) is 0. The van der Waals surface area contributed by atoms with Crippen LogP contribution in [0.4, 0.5) is 0 Å². The molecule has 0 aliphatic rings. The third-order valence-corrected chi connectivity index (χ3v) is 2.51. The van der Waals surface area contributed by atoms with Gasteiger partial charge in [0.2, 0.25) is 0 Å². The van der Waals surface area contributed by atoms with Crippen molar-refractivity contribution >= 4 is 0 Å². The summed E-state index contributed by atoms with van der Waals surface area (Å²) in [6, 6.07) is 0. The first-order valence-corrected chi connectivity index (χ1v) is 5.99. The van der Waals surface area contributed by atoms with Crippen molar-refractivity contribution in [1.29, 1.82) is 0 Å². The molecule has 0 saturated heterocycles. The number of hydrogen-bond acceptors (Lipinski definition) is 1. The monoisotopic (exact) mass is 190 g/mol. The van der Waals surface area contributed by atoms with Gasteiger partial charge in [-0.15, -0.1) is 0 Å². The van der Waals surface area contributed by atoms with E-state index in [9.17, 15) is 0 Å². The van der Waals surface area contributed by atoms with E-state index >= 15 is 0 Å². The van der Waals surface area contributed by atoms with E-state index in [1.54, 1.807) is 0 Å². The van der Waals surface area contributed by atoms with E-state index in [-0.39, 0.29) is 19.5 Å².